The van der Waals surface area contributed by atoms with Crippen molar-refractivity contribution in [3.05, 3.63) is 5.82 Å². The van der Waals surface area contributed by atoms with Crippen molar-refractivity contribution in [3.63, 3.8) is 0 Å². The van der Waals surface area contributed by atoms with Crippen molar-refractivity contribution in [1.29, 1.82) is 0 Å². The van der Waals surface area contributed by atoms with Crippen LogP contribution in [0.1, 0.15) is 45.9 Å². The fourth-order valence-corrected chi connectivity index (χ4v) is 2.08. The summed E-state index contributed by atoms with van der Waals surface area (Å²) in [5.41, 5.74) is 0.420. The number of nitrogens with one attached hydrogen (secondary N) is 1. The van der Waals surface area contributed by atoms with Crippen molar-refractivity contribution in [3.8, 4) is 0 Å². The molecule has 4 heteroatoms. The summed E-state index contributed by atoms with van der Waals surface area (Å²) in [6.07, 6.45) is 1.23. The van der Waals surface area contributed by atoms with E-state index in [4.69, 9.17) is 0 Å². The molecule has 1 saturated carbocycles. The smallest absolute Gasteiger partial charge is 0.224 e. The minimum Gasteiger partial charge on any atom is -0.355 e. The molecule has 0 radical (unpaired) electrons. The van der Waals surface area contributed by atoms with Crippen molar-refractivity contribution in [2.24, 2.45) is 5.41 Å². The Balaban J connectivity index is 2.25. The van der Waals surface area contributed by atoms with Crippen molar-refractivity contribution in [2.75, 3.05) is 11.9 Å². The summed E-state index contributed by atoms with van der Waals surface area (Å²) in [7, 11) is 0. The highest BCUT2D eigenvalue weighted by Gasteiger charge is 2.49. The molecular formula is C11H20N4. The first kappa shape index (κ1) is 10.5. The van der Waals surface area contributed by atoms with Crippen LogP contribution in [-0.4, -0.2) is 21.3 Å². The lowest BCUT2D eigenvalue weighted by Crippen LogP contribution is -2.08. The predicted molar refractivity (Wildman–Crippen MR) is 61.0 cm³/mol. The molecule has 1 heterocycles. The molecule has 0 aromatic carbocycles. The number of nitrogens with zero attached hydrogens (tertiary/aromatic N) is 3. The van der Waals surface area contributed by atoms with Crippen molar-refractivity contribution < 1.29 is 0 Å². The summed E-state index contributed by atoms with van der Waals surface area (Å²) in [6, 6.07) is 0. The van der Waals surface area contributed by atoms with E-state index in [0.717, 1.165) is 24.9 Å². The van der Waals surface area contributed by atoms with Gasteiger partial charge in [0.05, 0.1) is 0 Å². The highest BCUT2D eigenvalue weighted by Crippen LogP contribution is 2.58. The summed E-state index contributed by atoms with van der Waals surface area (Å²) < 4.78 is 2.20. The Morgan fingerprint density at radius 1 is 1.40 bits per heavy atom. The van der Waals surface area contributed by atoms with E-state index < -0.39 is 0 Å². The Hall–Kier alpha value is -1.06. The molecule has 1 aliphatic rings. The first-order chi connectivity index (χ1) is 7.10. The van der Waals surface area contributed by atoms with Crippen molar-refractivity contribution in [2.45, 2.75) is 46.6 Å². The van der Waals surface area contributed by atoms with Gasteiger partial charge in [0.2, 0.25) is 5.95 Å². The van der Waals surface area contributed by atoms with Crippen LogP contribution < -0.4 is 5.32 Å². The van der Waals surface area contributed by atoms with Gasteiger partial charge in [-0.1, -0.05) is 13.8 Å². The SMILES string of the molecule is CCNc1nnc(C2CC2(C)C)n1CC. The average molecular weight is 208 g/mol. The van der Waals surface area contributed by atoms with E-state index >= 15 is 0 Å². The van der Waals surface area contributed by atoms with Crippen molar-refractivity contribution in [1.82, 2.24) is 14.8 Å². The zero-order chi connectivity index (χ0) is 11.1. The minimum absolute atomic E-state index is 0.420. The standard InChI is InChI=1S/C11H20N4/c1-5-12-10-14-13-9(15(10)6-2)8-7-11(8,3)4/h8H,5-7H2,1-4H3,(H,12,14). The molecule has 1 fully saturated rings. The average Bonchev–Trinajstić information content (AvgIpc) is 2.65. The van der Waals surface area contributed by atoms with Gasteiger partial charge in [-0.05, 0) is 25.7 Å². The molecule has 1 aromatic heterocycles. The quantitative estimate of drug-likeness (QED) is 0.825. The van der Waals surface area contributed by atoms with Gasteiger partial charge in [0.25, 0.3) is 0 Å². The zero-order valence-electron chi connectivity index (χ0n) is 10.0. The summed E-state index contributed by atoms with van der Waals surface area (Å²) in [4.78, 5) is 0. The van der Waals surface area contributed by atoms with E-state index in [-0.39, 0.29) is 0 Å². The Morgan fingerprint density at radius 2 is 2.07 bits per heavy atom. The maximum atomic E-state index is 4.31. The van der Waals surface area contributed by atoms with Crippen molar-refractivity contribution >= 4 is 5.95 Å². The molecule has 0 amide bonds. The number of hydrogen-bond acceptors (Lipinski definition) is 3. The third-order valence-corrected chi connectivity index (χ3v) is 3.26. The molecule has 1 unspecified atom stereocenters. The Kier molecular flexibility index (Phi) is 2.44. The van der Waals surface area contributed by atoms with Crippen LogP contribution in [0.25, 0.3) is 0 Å². The maximum absolute atomic E-state index is 4.31. The molecular weight excluding hydrogens is 188 g/mol. The maximum Gasteiger partial charge on any atom is 0.224 e. The van der Waals surface area contributed by atoms with Crippen LogP contribution in [0.3, 0.4) is 0 Å². The van der Waals surface area contributed by atoms with Gasteiger partial charge in [0, 0.05) is 19.0 Å². The van der Waals surface area contributed by atoms with Gasteiger partial charge in [-0.25, -0.2) is 0 Å². The summed E-state index contributed by atoms with van der Waals surface area (Å²) in [5, 5.41) is 11.8. The normalized spacial score (nSPS) is 22.8. The third-order valence-electron chi connectivity index (χ3n) is 3.26. The number of anilines is 1. The minimum atomic E-state index is 0.420. The molecule has 0 saturated heterocycles. The molecule has 15 heavy (non-hydrogen) atoms. The van der Waals surface area contributed by atoms with E-state index in [1.807, 2.05) is 0 Å². The van der Waals surface area contributed by atoms with Crippen LogP contribution in [0.15, 0.2) is 0 Å². The van der Waals surface area contributed by atoms with Crippen LogP contribution in [0.2, 0.25) is 0 Å². The van der Waals surface area contributed by atoms with E-state index in [2.05, 4.69) is 47.8 Å². The monoisotopic (exact) mass is 208 g/mol. The third kappa shape index (κ3) is 1.73. The largest absolute Gasteiger partial charge is 0.355 e. The molecule has 1 aromatic rings. The summed E-state index contributed by atoms with van der Waals surface area (Å²) in [5.74, 6) is 2.66. The Bertz CT molecular complexity index is 353. The fraction of sp³-hybridized carbons (Fsp3) is 0.818. The fourth-order valence-electron chi connectivity index (χ4n) is 2.08. The molecule has 1 atom stereocenters. The van der Waals surface area contributed by atoms with Gasteiger partial charge in [-0.3, -0.25) is 4.57 Å². The molecule has 4 nitrogen and oxygen atoms in total. The number of rotatable bonds is 4. The van der Waals surface area contributed by atoms with Crippen LogP contribution in [0.5, 0.6) is 0 Å². The van der Waals surface area contributed by atoms with E-state index in [9.17, 15) is 0 Å². The number of aromatic nitrogens is 3. The van der Waals surface area contributed by atoms with Gasteiger partial charge in [0.1, 0.15) is 5.82 Å². The van der Waals surface area contributed by atoms with Gasteiger partial charge in [0.15, 0.2) is 0 Å². The number of hydrogen-bond donors (Lipinski definition) is 1. The Labute approximate surface area is 91.1 Å². The van der Waals surface area contributed by atoms with Crippen LogP contribution in [0, 0.1) is 5.41 Å². The second-order valence-corrected chi connectivity index (χ2v) is 4.90. The molecule has 0 aliphatic heterocycles. The van der Waals surface area contributed by atoms with Gasteiger partial charge < -0.3 is 5.32 Å². The van der Waals surface area contributed by atoms with Gasteiger partial charge >= 0.3 is 0 Å². The van der Waals surface area contributed by atoms with E-state index in [1.54, 1.807) is 0 Å². The first-order valence-corrected chi connectivity index (χ1v) is 5.77. The lowest BCUT2D eigenvalue weighted by atomic mass is 10.1. The lowest BCUT2D eigenvalue weighted by molar-refractivity contribution is 0.586. The summed E-state index contributed by atoms with van der Waals surface area (Å²) >= 11 is 0. The van der Waals surface area contributed by atoms with Gasteiger partial charge in [-0.2, -0.15) is 0 Å². The summed E-state index contributed by atoms with van der Waals surface area (Å²) in [6.45, 7) is 10.6. The van der Waals surface area contributed by atoms with E-state index in [0.29, 0.717) is 11.3 Å². The molecule has 84 valence electrons. The zero-order valence-corrected chi connectivity index (χ0v) is 10.0. The molecule has 0 spiro atoms. The molecule has 2 rings (SSSR count). The molecule has 1 N–H and O–H groups in total. The molecule has 1 aliphatic carbocycles. The topological polar surface area (TPSA) is 42.7 Å². The van der Waals surface area contributed by atoms with E-state index in [1.165, 1.54) is 6.42 Å². The first-order valence-electron chi connectivity index (χ1n) is 5.77. The predicted octanol–water partition coefficient (Wildman–Crippen LogP) is 2.24. The van der Waals surface area contributed by atoms with Crippen LogP contribution in [0.4, 0.5) is 5.95 Å². The Morgan fingerprint density at radius 3 is 2.53 bits per heavy atom. The van der Waals surface area contributed by atoms with Crippen LogP contribution in [-0.2, 0) is 6.54 Å². The highest BCUT2D eigenvalue weighted by molar-refractivity contribution is 5.29. The van der Waals surface area contributed by atoms with Crippen LogP contribution >= 0.6 is 0 Å². The van der Waals surface area contributed by atoms with Gasteiger partial charge in [-0.15, -0.1) is 10.2 Å². The lowest BCUT2D eigenvalue weighted by Gasteiger charge is -2.08. The second-order valence-electron chi connectivity index (χ2n) is 4.90. The highest BCUT2D eigenvalue weighted by atomic mass is 15.4. The second kappa shape index (κ2) is 3.51. The molecule has 0 bridgehead atoms.